The number of allylic oxidation sites excluding steroid dienone is 2. The molecule has 0 radical (unpaired) electrons. The molecule has 136 valence electrons. The summed E-state index contributed by atoms with van der Waals surface area (Å²) in [7, 11) is 0. The Balaban J connectivity index is 1.92. The summed E-state index contributed by atoms with van der Waals surface area (Å²) in [6, 6.07) is 0. The molecule has 1 aliphatic heterocycles. The zero-order chi connectivity index (χ0) is 16.9. The summed E-state index contributed by atoms with van der Waals surface area (Å²) in [5, 5.41) is 28.7. The molecule has 5 nitrogen and oxygen atoms in total. The van der Waals surface area contributed by atoms with Crippen LogP contribution in [-0.2, 0) is 9.47 Å². The fraction of sp³-hybridized carbons (Fsp3) is 0.889. The Kier molecular flexibility index (Phi) is 11.5. The maximum atomic E-state index is 9.76. The normalized spacial score (nSPS) is 28.5. The summed E-state index contributed by atoms with van der Waals surface area (Å²) < 4.78 is 10.8. The highest BCUT2D eigenvalue weighted by molar-refractivity contribution is 4.86. The Bertz CT molecular complexity index is 308. The highest BCUT2D eigenvalue weighted by Crippen LogP contribution is 2.16. The average Bonchev–Trinajstić information content (AvgIpc) is 2.55. The van der Waals surface area contributed by atoms with Gasteiger partial charge in [-0.1, -0.05) is 38.3 Å². The molecular weight excluding hydrogens is 296 g/mol. The third-order valence-electron chi connectivity index (χ3n) is 4.19. The topological polar surface area (TPSA) is 79.2 Å². The highest BCUT2D eigenvalue weighted by atomic mass is 16.6. The number of aliphatic hydroxyl groups is 3. The summed E-state index contributed by atoms with van der Waals surface area (Å²) >= 11 is 0. The van der Waals surface area contributed by atoms with Crippen molar-refractivity contribution in [1.82, 2.24) is 0 Å². The predicted octanol–water partition coefficient (Wildman–Crippen LogP) is 2.18. The molecule has 0 bridgehead atoms. The molecule has 5 heteroatoms. The van der Waals surface area contributed by atoms with Gasteiger partial charge in [0.05, 0.1) is 13.2 Å². The van der Waals surface area contributed by atoms with Crippen LogP contribution in [0.25, 0.3) is 0 Å². The minimum atomic E-state index is -1.15. The quantitative estimate of drug-likeness (QED) is 0.377. The molecule has 3 N–H and O–H groups in total. The highest BCUT2D eigenvalue weighted by Gasteiger charge is 2.37. The molecule has 1 rings (SSSR count). The van der Waals surface area contributed by atoms with Gasteiger partial charge in [-0.25, -0.2) is 0 Å². The van der Waals surface area contributed by atoms with E-state index in [1.54, 1.807) is 0 Å². The van der Waals surface area contributed by atoms with Crippen LogP contribution in [0, 0.1) is 0 Å². The molecule has 4 atom stereocenters. The van der Waals surface area contributed by atoms with Gasteiger partial charge in [0, 0.05) is 6.61 Å². The number of unbranched alkanes of at least 4 members (excludes halogenated alkanes) is 6. The largest absolute Gasteiger partial charge is 0.388 e. The Morgan fingerprint density at radius 1 is 0.957 bits per heavy atom. The van der Waals surface area contributed by atoms with Crippen molar-refractivity contribution >= 4 is 0 Å². The van der Waals surface area contributed by atoms with Crippen molar-refractivity contribution in [2.24, 2.45) is 0 Å². The Morgan fingerprint density at radius 3 is 2.35 bits per heavy atom. The van der Waals surface area contributed by atoms with E-state index < -0.39 is 24.4 Å². The zero-order valence-electron chi connectivity index (χ0n) is 14.4. The van der Waals surface area contributed by atoms with Crippen LogP contribution in [-0.4, -0.2) is 59.6 Å². The third-order valence-corrected chi connectivity index (χ3v) is 4.19. The van der Waals surface area contributed by atoms with Crippen molar-refractivity contribution in [3.05, 3.63) is 12.2 Å². The first-order valence-corrected chi connectivity index (χ1v) is 9.05. The van der Waals surface area contributed by atoms with Gasteiger partial charge in [-0.2, -0.15) is 0 Å². The maximum absolute atomic E-state index is 9.76. The van der Waals surface area contributed by atoms with Crippen molar-refractivity contribution in [3.63, 3.8) is 0 Å². The molecule has 0 saturated carbocycles. The lowest BCUT2D eigenvalue weighted by atomic mass is 10.0. The number of hydrogen-bond acceptors (Lipinski definition) is 5. The van der Waals surface area contributed by atoms with E-state index in [0.29, 0.717) is 6.61 Å². The van der Waals surface area contributed by atoms with Gasteiger partial charge in [0.25, 0.3) is 0 Å². The van der Waals surface area contributed by atoms with E-state index in [2.05, 4.69) is 19.1 Å². The van der Waals surface area contributed by atoms with Gasteiger partial charge in [0.15, 0.2) is 0 Å². The van der Waals surface area contributed by atoms with Gasteiger partial charge in [0.2, 0.25) is 0 Å². The minimum absolute atomic E-state index is 0.0385. The Labute approximate surface area is 140 Å². The SMILES string of the molecule is CCCCC/C=C/CCCCCOC[C@@H]1OC[C@@H](O)[C@H](O)[C@H]1O. The lowest BCUT2D eigenvalue weighted by molar-refractivity contribution is -0.199. The van der Waals surface area contributed by atoms with E-state index in [9.17, 15) is 15.3 Å². The predicted molar refractivity (Wildman–Crippen MR) is 90.3 cm³/mol. The van der Waals surface area contributed by atoms with E-state index in [1.165, 1.54) is 32.1 Å². The van der Waals surface area contributed by atoms with Crippen LogP contribution in [0.3, 0.4) is 0 Å². The molecule has 0 aromatic carbocycles. The molecule has 1 heterocycles. The van der Waals surface area contributed by atoms with E-state index >= 15 is 0 Å². The molecular formula is C18H34O5. The smallest absolute Gasteiger partial charge is 0.111 e. The second-order valence-electron chi connectivity index (χ2n) is 6.31. The van der Waals surface area contributed by atoms with Crippen LogP contribution in [0.4, 0.5) is 0 Å². The molecule has 0 aromatic heterocycles. The summed E-state index contributed by atoms with van der Waals surface area (Å²) in [5.41, 5.74) is 0. The van der Waals surface area contributed by atoms with Crippen LogP contribution < -0.4 is 0 Å². The van der Waals surface area contributed by atoms with Crippen LogP contribution in [0.15, 0.2) is 12.2 Å². The Morgan fingerprint density at radius 2 is 1.65 bits per heavy atom. The van der Waals surface area contributed by atoms with Crippen molar-refractivity contribution in [3.8, 4) is 0 Å². The lowest BCUT2D eigenvalue weighted by Gasteiger charge is -2.35. The molecule has 23 heavy (non-hydrogen) atoms. The summed E-state index contributed by atoms with van der Waals surface area (Å²) in [4.78, 5) is 0. The maximum Gasteiger partial charge on any atom is 0.111 e. The number of ether oxygens (including phenoxy) is 2. The van der Waals surface area contributed by atoms with Gasteiger partial charge >= 0.3 is 0 Å². The fourth-order valence-corrected chi connectivity index (χ4v) is 2.60. The van der Waals surface area contributed by atoms with E-state index in [0.717, 1.165) is 19.3 Å². The first kappa shape index (κ1) is 20.6. The first-order valence-electron chi connectivity index (χ1n) is 9.05. The molecule has 0 spiro atoms. The van der Waals surface area contributed by atoms with Crippen molar-refractivity contribution in [1.29, 1.82) is 0 Å². The first-order chi connectivity index (χ1) is 11.2. The van der Waals surface area contributed by atoms with Crippen LogP contribution >= 0.6 is 0 Å². The molecule has 1 aliphatic rings. The number of rotatable bonds is 12. The molecule has 0 unspecified atom stereocenters. The average molecular weight is 330 g/mol. The molecule has 0 aliphatic carbocycles. The van der Waals surface area contributed by atoms with Crippen molar-refractivity contribution < 1.29 is 24.8 Å². The number of hydrogen-bond donors (Lipinski definition) is 3. The second-order valence-corrected chi connectivity index (χ2v) is 6.31. The van der Waals surface area contributed by atoms with Gasteiger partial charge in [0.1, 0.15) is 24.4 Å². The fourth-order valence-electron chi connectivity index (χ4n) is 2.60. The molecule has 1 fully saturated rings. The summed E-state index contributed by atoms with van der Waals surface area (Å²) in [6.07, 6.45) is 10.2. The monoisotopic (exact) mass is 330 g/mol. The standard InChI is InChI=1S/C18H34O5/c1-2-3-4-5-6-7-8-9-10-11-12-22-14-16-18(21)17(20)15(19)13-23-16/h6-7,15-21H,2-5,8-14H2,1H3/b7-6+/t15-,16+,17+,18+/m1/s1. The summed E-state index contributed by atoms with van der Waals surface area (Å²) in [5.74, 6) is 0. The van der Waals surface area contributed by atoms with Crippen molar-refractivity contribution in [2.75, 3.05) is 19.8 Å². The molecule has 1 saturated heterocycles. The van der Waals surface area contributed by atoms with E-state index in [4.69, 9.17) is 9.47 Å². The number of aliphatic hydroxyl groups excluding tert-OH is 3. The van der Waals surface area contributed by atoms with Crippen LogP contribution in [0.2, 0.25) is 0 Å². The van der Waals surface area contributed by atoms with Gasteiger partial charge < -0.3 is 24.8 Å². The van der Waals surface area contributed by atoms with E-state index in [1.807, 2.05) is 0 Å². The second kappa shape index (κ2) is 12.9. The van der Waals surface area contributed by atoms with Crippen molar-refractivity contribution in [2.45, 2.75) is 82.7 Å². The van der Waals surface area contributed by atoms with Gasteiger partial charge in [-0.15, -0.1) is 0 Å². The molecule has 0 aromatic rings. The summed E-state index contributed by atoms with van der Waals surface area (Å²) in [6.45, 7) is 3.14. The van der Waals surface area contributed by atoms with Crippen LogP contribution in [0.1, 0.15) is 58.3 Å². The van der Waals surface area contributed by atoms with Gasteiger partial charge in [-0.05, 0) is 32.1 Å². The van der Waals surface area contributed by atoms with E-state index in [-0.39, 0.29) is 13.2 Å². The zero-order valence-corrected chi connectivity index (χ0v) is 14.4. The third kappa shape index (κ3) is 8.82. The Hall–Kier alpha value is -0.460. The van der Waals surface area contributed by atoms with Gasteiger partial charge in [-0.3, -0.25) is 0 Å². The minimum Gasteiger partial charge on any atom is -0.388 e. The lowest BCUT2D eigenvalue weighted by Crippen LogP contribution is -2.54. The van der Waals surface area contributed by atoms with Crippen LogP contribution in [0.5, 0.6) is 0 Å². The molecule has 0 amide bonds.